The highest BCUT2D eigenvalue weighted by atomic mass is 35.5. The lowest BCUT2D eigenvalue weighted by Crippen LogP contribution is -2.20. The molecule has 0 bridgehead atoms. The molecule has 0 fully saturated rings. The first-order valence-electron chi connectivity index (χ1n) is 8.33. The molecule has 8 heteroatoms. The molecule has 0 spiro atoms. The van der Waals surface area contributed by atoms with Gasteiger partial charge in [-0.05, 0) is 54.1 Å². The van der Waals surface area contributed by atoms with Crippen LogP contribution in [0.4, 0.5) is 0 Å². The third-order valence-electron chi connectivity index (χ3n) is 3.43. The zero-order valence-corrected chi connectivity index (χ0v) is 17.3. The van der Waals surface area contributed by atoms with E-state index in [-0.39, 0.29) is 28.8 Å². The largest absolute Gasteiger partial charge is 0.503 e. The van der Waals surface area contributed by atoms with Gasteiger partial charge in [-0.15, -0.1) is 11.8 Å². The van der Waals surface area contributed by atoms with Crippen LogP contribution in [0.1, 0.15) is 25.0 Å². The van der Waals surface area contributed by atoms with E-state index in [0.29, 0.717) is 17.2 Å². The maximum Gasteiger partial charge on any atom is 0.244 e. The van der Waals surface area contributed by atoms with Crippen molar-refractivity contribution < 1.29 is 14.6 Å². The van der Waals surface area contributed by atoms with Gasteiger partial charge >= 0.3 is 0 Å². The van der Waals surface area contributed by atoms with E-state index < -0.39 is 0 Å². The summed E-state index contributed by atoms with van der Waals surface area (Å²) in [6.07, 6.45) is 1.60. The molecule has 0 saturated carbocycles. The van der Waals surface area contributed by atoms with Crippen molar-refractivity contribution in [2.45, 2.75) is 25.2 Å². The smallest absolute Gasteiger partial charge is 0.244 e. The molecule has 2 rings (SSSR count). The van der Waals surface area contributed by atoms with Crippen LogP contribution in [0.25, 0.3) is 0 Å². The Bertz CT molecular complexity index is 844. The summed E-state index contributed by atoms with van der Waals surface area (Å²) in [5.41, 5.74) is 3.93. The first-order chi connectivity index (χ1) is 12.9. The second-order valence-corrected chi connectivity index (χ2v) is 7.59. The van der Waals surface area contributed by atoms with Crippen molar-refractivity contribution in [3.05, 3.63) is 51.5 Å². The van der Waals surface area contributed by atoms with Crippen LogP contribution in [0.2, 0.25) is 10.0 Å². The lowest BCUT2D eigenvalue weighted by Gasteiger charge is -2.09. The van der Waals surface area contributed by atoms with Crippen molar-refractivity contribution in [1.82, 2.24) is 5.43 Å². The number of amides is 1. The standard InChI is InChI=1S/C19H20Cl2N2O3S/c1-3-26-16-8-12(7-15(21)19(16)25)11-22-23-18(24)10-13-9-14(20)5-6-17(13)27-4-2/h5-9,11,25H,3-4,10H2,1-2H3,(H,23,24)/b22-11-. The molecular weight excluding hydrogens is 407 g/mol. The fourth-order valence-electron chi connectivity index (χ4n) is 2.31. The number of hydrogen-bond donors (Lipinski definition) is 2. The lowest BCUT2D eigenvalue weighted by molar-refractivity contribution is -0.120. The maximum absolute atomic E-state index is 12.2. The molecule has 0 heterocycles. The summed E-state index contributed by atoms with van der Waals surface area (Å²) in [6, 6.07) is 8.63. The molecule has 0 saturated heterocycles. The normalized spacial score (nSPS) is 11.0. The number of phenols is 1. The predicted molar refractivity (Wildman–Crippen MR) is 112 cm³/mol. The SMILES string of the molecule is CCOc1cc(/C=N\NC(=O)Cc2cc(Cl)ccc2SCC)cc(Cl)c1O. The first kappa shape index (κ1) is 21.4. The molecule has 0 aliphatic rings. The second kappa shape index (κ2) is 10.4. The van der Waals surface area contributed by atoms with Crippen LogP contribution < -0.4 is 10.2 Å². The average molecular weight is 427 g/mol. The molecule has 0 unspecified atom stereocenters. The summed E-state index contributed by atoms with van der Waals surface area (Å²) >= 11 is 13.7. The number of carbonyl (C=O) groups is 1. The van der Waals surface area contributed by atoms with Crippen LogP contribution in [0, 0.1) is 0 Å². The summed E-state index contributed by atoms with van der Waals surface area (Å²) in [5.74, 6) is 0.777. The predicted octanol–water partition coefficient (Wildman–Crippen LogP) is 4.90. The summed E-state index contributed by atoms with van der Waals surface area (Å²) in [4.78, 5) is 13.2. The van der Waals surface area contributed by atoms with E-state index in [9.17, 15) is 9.90 Å². The summed E-state index contributed by atoms with van der Waals surface area (Å²) in [7, 11) is 0. The van der Waals surface area contributed by atoms with Gasteiger partial charge in [-0.25, -0.2) is 5.43 Å². The van der Waals surface area contributed by atoms with Crippen molar-refractivity contribution in [2.24, 2.45) is 5.10 Å². The summed E-state index contributed by atoms with van der Waals surface area (Å²) in [5, 5.41) is 14.5. The molecule has 5 nitrogen and oxygen atoms in total. The Hall–Kier alpha value is -1.89. The van der Waals surface area contributed by atoms with Crippen molar-refractivity contribution in [3.63, 3.8) is 0 Å². The number of phenolic OH excluding ortho intramolecular Hbond substituents is 1. The maximum atomic E-state index is 12.2. The molecule has 0 radical (unpaired) electrons. The molecule has 0 aliphatic heterocycles. The van der Waals surface area contributed by atoms with E-state index in [1.54, 1.807) is 30.8 Å². The van der Waals surface area contributed by atoms with Gasteiger partial charge in [-0.1, -0.05) is 30.1 Å². The monoisotopic (exact) mass is 426 g/mol. The minimum atomic E-state index is -0.263. The Labute approximate surface area is 172 Å². The Kier molecular flexibility index (Phi) is 8.28. The number of thioether (sulfide) groups is 1. The fourth-order valence-corrected chi connectivity index (χ4v) is 3.51. The van der Waals surface area contributed by atoms with E-state index >= 15 is 0 Å². The van der Waals surface area contributed by atoms with Crippen molar-refractivity contribution in [2.75, 3.05) is 12.4 Å². The van der Waals surface area contributed by atoms with Gasteiger partial charge in [-0.3, -0.25) is 4.79 Å². The first-order valence-corrected chi connectivity index (χ1v) is 10.1. The summed E-state index contributed by atoms with van der Waals surface area (Å²) < 4.78 is 5.31. The molecule has 27 heavy (non-hydrogen) atoms. The highest BCUT2D eigenvalue weighted by Crippen LogP contribution is 2.34. The van der Waals surface area contributed by atoms with E-state index in [2.05, 4.69) is 10.5 Å². The third kappa shape index (κ3) is 6.34. The highest BCUT2D eigenvalue weighted by Gasteiger charge is 2.10. The van der Waals surface area contributed by atoms with E-state index in [1.807, 2.05) is 19.1 Å². The second-order valence-electron chi connectivity index (χ2n) is 5.44. The zero-order chi connectivity index (χ0) is 19.8. The van der Waals surface area contributed by atoms with Crippen LogP contribution in [-0.4, -0.2) is 29.6 Å². The van der Waals surface area contributed by atoms with Gasteiger partial charge in [0.1, 0.15) is 0 Å². The van der Waals surface area contributed by atoms with Gasteiger partial charge in [0.2, 0.25) is 5.91 Å². The topological polar surface area (TPSA) is 70.9 Å². The molecular formula is C19H20Cl2N2O3S. The quantitative estimate of drug-likeness (QED) is 0.357. The third-order valence-corrected chi connectivity index (χ3v) is 4.95. The Morgan fingerprint density at radius 1 is 1.30 bits per heavy atom. The molecule has 144 valence electrons. The molecule has 2 N–H and O–H groups in total. The number of benzene rings is 2. The van der Waals surface area contributed by atoms with Gasteiger partial charge in [0.25, 0.3) is 0 Å². The van der Waals surface area contributed by atoms with Gasteiger partial charge in [0.15, 0.2) is 11.5 Å². The molecule has 0 aliphatic carbocycles. The number of halogens is 2. The number of carbonyl (C=O) groups excluding carboxylic acids is 1. The van der Waals surface area contributed by atoms with Crippen LogP contribution in [0.5, 0.6) is 11.5 Å². The number of nitrogens with one attached hydrogen (secondary N) is 1. The van der Waals surface area contributed by atoms with Gasteiger partial charge < -0.3 is 9.84 Å². The van der Waals surface area contributed by atoms with Gasteiger partial charge in [0.05, 0.1) is 24.3 Å². The highest BCUT2D eigenvalue weighted by molar-refractivity contribution is 7.99. The van der Waals surface area contributed by atoms with E-state index in [4.69, 9.17) is 27.9 Å². The summed E-state index contributed by atoms with van der Waals surface area (Å²) in [6.45, 7) is 4.24. The van der Waals surface area contributed by atoms with Gasteiger partial charge in [-0.2, -0.15) is 5.10 Å². The van der Waals surface area contributed by atoms with E-state index in [1.165, 1.54) is 12.3 Å². The lowest BCUT2D eigenvalue weighted by atomic mass is 10.1. The number of hydrogen-bond acceptors (Lipinski definition) is 5. The molecule has 2 aromatic rings. The molecule has 0 aromatic heterocycles. The number of aromatic hydroxyl groups is 1. The minimum Gasteiger partial charge on any atom is -0.503 e. The fraction of sp³-hybridized carbons (Fsp3) is 0.263. The zero-order valence-electron chi connectivity index (χ0n) is 15.0. The molecule has 1 amide bonds. The van der Waals surface area contributed by atoms with Crippen molar-refractivity contribution in [3.8, 4) is 11.5 Å². The Morgan fingerprint density at radius 2 is 2.07 bits per heavy atom. The van der Waals surface area contributed by atoms with Crippen LogP contribution in [0.3, 0.4) is 0 Å². The number of rotatable bonds is 8. The number of hydrazone groups is 1. The van der Waals surface area contributed by atoms with Crippen molar-refractivity contribution >= 4 is 47.1 Å². The Morgan fingerprint density at radius 3 is 2.78 bits per heavy atom. The van der Waals surface area contributed by atoms with E-state index in [0.717, 1.165) is 16.2 Å². The van der Waals surface area contributed by atoms with Crippen molar-refractivity contribution in [1.29, 1.82) is 0 Å². The number of ether oxygens (including phenoxy) is 1. The van der Waals surface area contributed by atoms with Crippen LogP contribution in [-0.2, 0) is 11.2 Å². The Balaban J connectivity index is 2.05. The number of nitrogens with zero attached hydrogens (tertiary/aromatic N) is 1. The van der Waals surface area contributed by atoms with Crippen LogP contribution in [0.15, 0.2) is 40.3 Å². The van der Waals surface area contributed by atoms with Gasteiger partial charge in [0, 0.05) is 9.92 Å². The molecule has 2 aromatic carbocycles. The minimum absolute atomic E-state index is 0.124. The van der Waals surface area contributed by atoms with Crippen LogP contribution >= 0.6 is 35.0 Å². The average Bonchev–Trinajstić information content (AvgIpc) is 2.62. The molecule has 0 atom stereocenters.